The van der Waals surface area contributed by atoms with E-state index < -0.39 is 24.1 Å². The Morgan fingerprint density at radius 2 is 1.72 bits per heavy atom. The van der Waals surface area contributed by atoms with Gasteiger partial charge < -0.3 is 9.31 Å². The highest BCUT2D eigenvalue weighted by Crippen LogP contribution is 2.36. The van der Waals surface area contributed by atoms with Crippen LogP contribution in [0.25, 0.3) is 0 Å². The summed E-state index contributed by atoms with van der Waals surface area (Å²) in [5, 5.41) is 2.68. The Kier molecular flexibility index (Phi) is 3.03. The van der Waals surface area contributed by atoms with Crippen LogP contribution in [0.15, 0.2) is 23.4 Å². The first kappa shape index (κ1) is 13.2. The normalized spacial score (nSPS) is 21.1. The molecule has 1 fully saturated rings. The molecule has 0 saturated carbocycles. The van der Waals surface area contributed by atoms with Crippen LogP contribution in [-0.4, -0.2) is 18.3 Å². The molecule has 18 heavy (non-hydrogen) atoms. The molecule has 0 spiro atoms. The third-order valence-corrected chi connectivity index (χ3v) is 3.60. The fraction of sp³-hybridized carbons (Fsp3) is 0.500. The SMILES string of the molecule is CC1(C)OB(c2ccc(N=O)cc2F)OC1(C)C. The first-order chi connectivity index (χ1) is 8.27. The molecule has 1 heterocycles. The van der Waals surface area contributed by atoms with Gasteiger partial charge in [0.15, 0.2) is 0 Å². The van der Waals surface area contributed by atoms with E-state index in [1.165, 1.54) is 12.1 Å². The van der Waals surface area contributed by atoms with Gasteiger partial charge >= 0.3 is 7.12 Å². The molecule has 1 aromatic carbocycles. The van der Waals surface area contributed by atoms with E-state index in [2.05, 4.69) is 5.18 Å². The first-order valence-electron chi connectivity index (χ1n) is 5.75. The summed E-state index contributed by atoms with van der Waals surface area (Å²) >= 11 is 0. The number of hydrogen-bond donors (Lipinski definition) is 0. The van der Waals surface area contributed by atoms with Crippen molar-refractivity contribution in [2.75, 3.05) is 0 Å². The van der Waals surface area contributed by atoms with Crippen molar-refractivity contribution >= 4 is 18.3 Å². The topological polar surface area (TPSA) is 47.9 Å². The van der Waals surface area contributed by atoms with Gasteiger partial charge in [-0.1, -0.05) is 6.07 Å². The van der Waals surface area contributed by atoms with Crippen LogP contribution in [0.1, 0.15) is 27.7 Å². The molecule has 4 nitrogen and oxygen atoms in total. The summed E-state index contributed by atoms with van der Waals surface area (Å²) in [7, 11) is -0.768. The van der Waals surface area contributed by atoms with Crippen molar-refractivity contribution in [3.8, 4) is 0 Å². The van der Waals surface area contributed by atoms with Gasteiger partial charge in [0.1, 0.15) is 11.5 Å². The maximum absolute atomic E-state index is 13.8. The lowest BCUT2D eigenvalue weighted by atomic mass is 9.78. The summed E-state index contributed by atoms with van der Waals surface area (Å²) in [6, 6.07) is 3.98. The summed E-state index contributed by atoms with van der Waals surface area (Å²) < 4.78 is 25.3. The maximum atomic E-state index is 13.8. The smallest absolute Gasteiger partial charge is 0.399 e. The molecule has 0 aliphatic carbocycles. The molecule has 0 N–H and O–H groups in total. The van der Waals surface area contributed by atoms with Gasteiger partial charge in [-0.3, -0.25) is 0 Å². The number of rotatable bonds is 2. The van der Waals surface area contributed by atoms with Gasteiger partial charge in [0.05, 0.1) is 11.2 Å². The zero-order chi connectivity index (χ0) is 13.6. The van der Waals surface area contributed by atoms with E-state index in [1.54, 1.807) is 0 Å². The highest BCUT2D eigenvalue weighted by atomic mass is 19.1. The van der Waals surface area contributed by atoms with Crippen LogP contribution >= 0.6 is 0 Å². The molecule has 1 aromatic rings. The van der Waals surface area contributed by atoms with Gasteiger partial charge in [0, 0.05) is 11.5 Å². The molecule has 0 radical (unpaired) electrons. The van der Waals surface area contributed by atoms with Gasteiger partial charge in [0.2, 0.25) is 0 Å². The minimum atomic E-state index is -0.768. The minimum Gasteiger partial charge on any atom is -0.399 e. The molecule has 0 aromatic heterocycles. The first-order valence-corrected chi connectivity index (χ1v) is 5.75. The van der Waals surface area contributed by atoms with E-state index in [0.29, 0.717) is 0 Å². The second-order valence-corrected chi connectivity index (χ2v) is 5.39. The van der Waals surface area contributed by atoms with Gasteiger partial charge in [-0.15, -0.1) is 4.91 Å². The zero-order valence-corrected chi connectivity index (χ0v) is 10.9. The second kappa shape index (κ2) is 4.14. The van der Waals surface area contributed by atoms with Crippen molar-refractivity contribution in [3.05, 3.63) is 28.9 Å². The maximum Gasteiger partial charge on any atom is 0.497 e. The van der Waals surface area contributed by atoms with Crippen LogP contribution in [0.5, 0.6) is 0 Å². The third kappa shape index (κ3) is 2.06. The molecule has 0 atom stereocenters. The van der Waals surface area contributed by atoms with Crippen LogP contribution in [-0.2, 0) is 9.31 Å². The molecular weight excluding hydrogens is 236 g/mol. The molecule has 1 aliphatic rings. The molecule has 0 bridgehead atoms. The Balaban J connectivity index is 2.32. The standard InChI is InChI=1S/C12H15BFNO3/c1-11(2)12(3,4)18-13(17-11)9-6-5-8(15-16)7-10(9)14/h5-7H,1-4H3. The second-order valence-electron chi connectivity index (χ2n) is 5.39. The molecule has 1 aliphatic heterocycles. The number of nitroso groups, excluding NO2 is 1. The lowest BCUT2D eigenvalue weighted by Gasteiger charge is -2.32. The van der Waals surface area contributed by atoms with Crippen LogP contribution < -0.4 is 5.46 Å². The zero-order valence-electron chi connectivity index (χ0n) is 10.9. The summed E-state index contributed by atoms with van der Waals surface area (Å²) in [5.41, 5.74) is -0.717. The van der Waals surface area contributed by atoms with E-state index >= 15 is 0 Å². The average Bonchev–Trinajstić information content (AvgIpc) is 2.47. The van der Waals surface area contributed by atoms with E-state index in [-0.39, 0.29) is 11.2 Å². The highest BCUT2D eigenvalue weighted by molar-refractivity contribution is 6.62. The van der Waals surface area contributed by atoms with Gasteiger partial charge in [0.25, 0.3) is 0 Å². The van der Waals surface area contributed by atoms with E-state index in [1.807, 2.05) is 27.7 Å². The third-order valence-electron chi connectivity index (χ3n) is 3.60. The van der Waals surface area contributed by atoms with E-state index in [9.17, 15) is 9.30 Å². The Morgan fingerprint density at radius 1 is 1.17 bits per heavy atom. The van der Waals surface area contributed by atoms with Crippen molar-refractivity contribution in [2.45, 2.75) is 38.9 Å². The predicted molar refractivity (Wildman–Crippen MR) is 67.6 cm³/mol. The molecule has 2 rings (SSSR count). The number of hydrogen-bond acceptors (Lipinski definition) is 4. The fourth-order valence-electron chi connectivity index (χ4n) is 1.73. The number of halogens is 1. The fourth-order valence-corrected chi connectivity index (χ4v) is 1.73. The molecule has 6 heteroatoms. The predicted octanol–water partition coefficient (Wildman–Crippen LogP) is 2.52. The van der Waals surface area contributed by atoms with Crippen LogP contribution in [0.2, 0.25) is 0 Å². The largest absolute Gasteiger partial charge is 0.497 e. The number of benzene rings is 1. The minimum absolute atomic E-state index is 0.0489. The Morgan fingerprint density at radius 3 is 2.17 bits per heavy atom. The highest BCUT2D eigenvalue weighted by Gasteiger charge is 2.52. The van der Waals surface area contributed by atoms with Crippen LogP contribution in [0.3, 0.4) is 0 Å². The molecule has 0 amide bonds. The molecule has 96 valence electrons. The van der Waals surface area contributed by atoms with Gasteiger partial charge in [-0.2, -0.15) is 0 Å². The Hall–Kier alpha value is -1.27. The van der Waals surface area contributed by atoms with Crippen molar-refractivity contribution in [1.29, 1.82) is 0 Å². The van der Waals surface area contributed by atoms with Crippen molar-refractivity contribution in [1.82, 2.24) is 0 Å². The Labute approximate surface area is 106 Å². The van der Waals surface area contributed by atoms with Crippen LogP contribution in [0.4, 0.5) is 10.1 Å². The average molecular weight is 251 g/mol. The Bertz CT molecular complexity index is 474. The summed E-state index contributed by atoms with van der Waals surface area (Å²) in [5.74, 6) is -0.550. The van der Waals surface area contributed by atoms with Gasteiger partial charge in [-0.25, -0.2) is 4.39 Å². The van der Waals surface area contributed by atoms with Crippen molar-refractivity contribution in [3.63, 3.8) is 0 Å². The molecule has 1 saturated heterocycles. The quantitative estimate of drug-likeness (QED) is 0.599. The lowest BCUT2D eigenvalue weighted by molar-refractivity contribution is 0.00578. The monoisotopic (exact) mass is 251 g/mol. The molecular formula is C12H15BFNO3. The lowest BCUT2D eigenvalue weighted by Crippen LogP contribution is -2.41. The summed E-state index contributed by atoms with van der Waals surface area (Å²) in [6.07, 6.45) is 0. The van der Waals surface area contributed by atoms with E-state index in [4.69, 9.17) is 9.31 Å². The van der Waals surface area contributed by atoms with E-state index in [0.717, 1.165) is 6.07 Å². The van der Waals surface area contributed by atoms with Crippen molar-refractivity contribution < 1.29 is 13.7 Å². The van der Waals surface area contributed by atoms with Crippen molar-refractivity contribution in [2.24, 2.45) is 5.18 Å². The van der Waals surface area contributed by atoms with Crippen LogP contribution in [0, 0.1) is 10.7 Å². The summed E-state index contributed by atoms with van der Waals surface area (Å²) in [6.45, 7) is 7.58. The van der Waals surface area contributed by atoms with Gasteiger partial charge in [-0.05, 0) is 38.9 Å². The number of nitrogens with zero attached hydrogens (tertiary/aromatic N) is 1. The molecule has 0 unspecified atom stereocenters. The summed E-state index contributed by atoms with van der Waals surface area (Å²) in [4.78, 5) is 10.3.